The number of hydrogen-bond acceptors (Lipinski definition) is 11. The van der Waals surface area contributed by atoms with Gasteiger partial charge in [-0.2, -0.15) is 0 Å². The standard InChI is InChI=1S/C27H44N6O9S/c1-2-21(31-27(37)42-19-7-9-41-24(11-19)23-4-3-8-40-23)22(35)15-33(14-18-12-29-26(36)30-13-18)32-43(38,39)25-6-5-17(16-34)10-20(25)28/h5-6,10,18-19,21-24,32,34-35H,2-4,7-9,11-16,28H2,1H3,(H,31,37)(H2,29,30,36)/t19?,21-,22+,23-,24?/m0/s1. The number of amides is 3. The van der Waals surface area contributed by atoms with Crippen molar-refractivity contribution in [1.82, 2.24) is 25.8 Å². The number of urea groups is 1. The highest BCUT2D eigenvalue weighted by Gasteiger charge is 2.35. The molecule has 15 nitrogen and oxygen atoms in total. The summed E-state index contributed by atoms with van der Waals surface area (Å²) in [4.78, 5) is 26.7. The first-order valence-electron chi connectivity index (χ1n) is 14.7. The Labute approximate surface area is 251 Å². The summed E-state index contributed by atoms with van der Waals surface area (Å²) in [6.45, 7) is 3.20. The van der Waals surface area contributed by atoms with E-state index < -0.39 is 28.3 Å². The van der Waals surface area contributed by atoms with Crippen LogP contribution in [0, 0.1) is 5.92 Å². The first-order chi connectivity index (χ1) is 20.6. The number of anilines is 1. The van der Waals surface area contributed by atoms with Gasteiger partial charge in [0.05, 0.1) is 43.3 Å². The van der Waals surface area contributed by atoms with Gasteiger partial charge in [0.15, 0.2) is 0 Å². The monoisotopic (exact) mass is 628 g/mol. The Morgan fingerprint density at radius 2 is 1.95 bits per heavy atom. The van der Waals surface area contributed by atoms with Crippen molar-refractivity contribution < 1.29 is 42.4 Å². The number of carbonyl (C=O) groups is 2. The second-order valence-corrected chi connectivity index (χ2v) is 12.9. The van der Waals surface area contributed by atoms with Crippen molar-refractivity contribution >= 4 is 27.8 Å². The molecule has 4 rings (SSSR count). The quantitative estimate of drug-likeness (QED) is 0.112. The number of nitrogens with one attached hydrogen (secondary N) is 4. The van der Waals surface area contributed by atoms with Gasteiger partial charge in [-0.1, -0.05) is 13.0 Å². The van der Waals surface area contributed by atoms with Crippen LogP contribution in [0.2, 0.25) is 0 Å². The topological polar surface area (TPSA) is 214 Å². The number of ether oxygens (including phenoxy) is 3. The molecule has 3 fully saturated rings. The van der Waals surface area contributed by atoms with Gasteiger partial charge in [-0.25, -0.2) is 23.0 Å². The third kappa shape index (κ3) is 9.38. The molecule has 43 heavy (non-hydrogen) atoms. The molecule has 1 aromatic rings. The van der Waals surface area contributed by atoms with Crippen LogP contribution in [-0.4, -0.2) is 106 Å². The number of nitrogen functional groups attached to an aromatic ring is 1. The molecule has 0 saturated carbocycles. The molecule has 3 aliphatic heterocycles. The summed E-state index contributed by atoms with van der Waals surface area (Å²) >= 11 is 0. The van der Waals surface area contributed by atoms with E-state index in [2.05, 4.69) is 20.8 Å². The molecule has 0 radical (unpaired) electrons. The van der Waals surface area contributed by atoms with Crippen molar-refractivity contribution in [3.63, 3.8) is 0 Å². The zero-order chi connectivity index (χ0) is 31.0. The van der Waals surface area contributed by atoms with Crippen molar-refractivity contribution in [3.05, 3.63) is 23.8 Å². The normalized spacial score (nSPS) is 24.7. The van der Waals surface area contributed by atoms with E-state index in [0.717, 1.165) is 12.8 Å². The number of benzene rings is 1. The molecular formula is C27H44N6O9S. The van der Waals surface area contributed by atoms with Gasteiger partial charge < -0.3 is 46.1 Å². The number of hydrazine groups is 1. The summed E-state index contributed by atoms with van der Waals surface area (Å²) in [6, 6.07) is 3.06. The molecule has 0 spiro atoms. The van der Waals surface area contributed by atoms with Gasteiger partial charge in [0.25, 0.3) is 10.0 Å². The minimum absolute atomic E-state index is 0.00471. The number of rotatable bonds is 13. The Morgan fingerprint density at radius 3 is 2.60 bits per heavy atom. The van der Waals surface area contributed by atoms with Crippen molar-refractivity contribution in [1.29, 1.82) is 0 Å². The highest BCUT2D eigenvalue weighted by molar-refractivity contribution is 7.89. The fourth-order valence-corrected chi connectivity index (χ4v) is 6.78. The Hall–Kier alpha value is -2.73. The molecule has 2 unspecified atom stereocenters. The van der Waals surface area contributed by atoms with Crippen LogP contribution < -0.4 is 26.5 Å². The molecule has 8 N–H and O–H groups in total. The first-order valence-corrected chi connectivity index (χ1v) is 16.2. The van der Waals surface area contributed by atoms with Crippen LogP contribution in [0.15, 0.2) is 23.1 Å². The van der Waals surface area contributed by atoms with E-state index in [-0.39, 0.29) is 60.5 Å². The summed E-state index contributed by atoms with van der Waals surface area (Å²) < 4.78 is 43.9. The molecule has 3 heterocycles. The van der Waals surface area contributed by atoms with Gasteiger partial charge in [0, 0.05) is 51.5 Å². The summed E-state index contributed by atoms with van der Waals surface area (Å²) in [5.74, 6) is -0.190. The zero-order valence-corrected chi connectivity index (χ0v) is 25.2. The van der Waals surface area contributed by atoms with Gasteiger partial charge in [-0.05, 0) is 37.0 Å². The van der Waals surface area contributed by atoms with Crippen molar-refractivity contribution in [2.24, 2.45) is 5.92 Å². The highest BCUT2D eigenvalue weighted by atomic mass is 32.2. The maximum Gasteiger partial charge on any atom is 0.407 e. The van der Waals surface area contributed by atoms with Crippen molar-refractivity contribution in [3.8, 4) is 0 Å². The Kier molecular flexibility index (Phi) is 11.8. The lowest BCUT2D eigenvalue weighted by Crippen LogP contribution is -2.57. The van der Waals surface area contributed by atoms with Gasteiger partial charge in [0.2, 0.25) is 0 Å². The predicted molar refractivity (Wildman–Crippen MR) is 155 cm³/mol. The Balaban J connectivity index is 1.39. The molecule has 1 aromatic carbocycles. The number of aliphatic hydroxyl groups is 2. The number of alkyl carbamates (subject to hydrolysis) is 1. The summed E-state index contributed by atoms with van der Waals surface area (Å²) in [6.07, 6.45) is 0.995. The second kappa shape index (κ2) is 15.3. The Bertz CT molecular complexity index is 1190. The number of carbonyl (C=O) groups excluding carboxylic acids is 2. The lowest BCUT2D eigenvalue weighted by molar-refractivity contribution is -0.104. The van der Waals surface area contributed by atoms with Crippen molar-refractivity contribution in [2.45, 2.75) is 81.0 Å². The van der Waals surface area contributed by atoms with Crippen LogP contribution in [0.25, 0.3) is 0 Å². The molecule has 5 atom stereocenters. The van der Waals surface area contributed by atoms with E-state index in [9.17, 15) is 28.2 Å². The van der Waals surface area contributed by atoms with E-state index >= 15 is 0 Å². The lowest BCUT2D eigenvalue weighted by Gasteiger charge is -2.34. The van der Waals surface area contributed by atoms with E-state index in [1.54, 1.807) is 6.92 Å². The first kappa shape index (κ1) is 33.2. The Morgan fingerprint density at radius 1 is 1.21 bits per heavy atom. The predicted octanol–water partition coefficient (Wildman–Crippen LogP) is -0.222. The smallest absolute Gasteiger partial charge is 0.407 e. The summed E-state index contributed by atoms with van der Waals surface area (Å²) in [7, 11) is -4.19. The molecule has 3 saturated heterocycles. The van der Waals surface area contributed by atoms with Crippen LogP contribution in [0.1, 0.15) is 44.6 Å². The average Bonchev–Trinajstić information content (AvgIpc) is 3.52. The minimum atomic E-state index is -4.19. The molecule has 0 aromatic heterocycles. The summed E-state index contributed by atoms with van der Waals surface area (Å²) in [5.41, 5.74) is 6.39. The van der Waals surface area contributed by atoms with Crippen LogP contribution in [-0.2, 0) is 30.8 Å². The maximum absolute atomic E-state index is 13.3. The highest BCUT2D eigenvalue weighted by Crippen LogP contribution is 2.26. The second-order valence-electron chi connectivity index (χ2n) is 11.2. The lowest BCUT2D eigenvalue weighted by atomic mass is 10.00. The fraction of sp³-hybridized carbons (Fsp3) is 0.704. The van der Waals surface area contributed by atoms with Gasteiger partial charge in [0.1, 0.15) is 11.0 Å². The number of sulfonamides is 1. The number of nitrogens with zero attached hydrogens (tertiary/aromatic N) is 1. The van der Waals surface area contributed by atoms with Crippen LogP contribution >= 0.6 is 0 Å². The van der Waals surface area contributed by atoms with E-state index in [4.69, 9.17) is 19.9 Å². The minimum Gasteiger partial charge on any atom is -0.446 e. The van der Waals surface area contributed by atoms with Gasteiger partial charge in [-0.3, -0.25) is 0 Å². The largest absolute Gasteiger partial charge is 0.446 e. The number of nitrogens with two attached hydrogens (primary N) is 1. The third-order valence-corrected chi connectivity index (χ3v) is 9.36. The number of hydrogen-bond donors (Lipinski definition) is 7. The van der Waals surface area contributed by atoms with Crippen LogP contribution in [0.3, 0.4) is 0 Å². The van der Waals surface area contributed by atoms with E-state index in [1.807, 2.05) is 0 Å². The maximum atomic E-state index is 13.3. The van der Waals surface area contributed by atoms with Crippen LogP contribution in [0.5, 0.6) is 0 Å². The number of aliphatic hydroxyl groups excluding tert-OH is 2. The summed E-state index contributed by atoms with van der Waals surface area (Å²) in [5, 5.41) is 29.9. The molecule has 3 amide bonds. The van der Waals surface area contributed by atoms with Gasteiger partial charge >= 0.3 is 12.1 Å². The molecule has 242 valence electrons. The molecular weight excluding hydrogens is 584 g/mol. The fourth-order valence-electron chi connectivity index (χ4n) is 5.58. The molecule has 0 aliphatic carbocycles. The average molecular weight is 629 g/mol. The van der Waals surface area contributed by atoms with E-state index in [0.29, 0.717) is 51.1 Å². The van der Waals surface area contributed by atoms with E-state index in [1.165, 1.54) is 23.2 Å². The van der Waals surface area contributed by atoms with Gasteiger partial charge in [-0.15, -0.1) is 4.83 Å². The van der Waals surface area contributed by atoms with Crippen molar-refractivity contribution in [2.75, 3.05) is 45.1 Å². The molecule has 3 aliphatic rings. The SMILES string of the molecule is CC[C@H](NC(=O)OC1CCOC([C@@H]2CCCO2)C1)[C@H](O)CN(CC1CNC(=O)NC1)NS(=O)(=O)c1ccc(CO)cc1N. The molecule has 16 heteroatoms. The molecule has 0 bridgehead atoms. The zero-order valence-electron chi connectivity index (χ0n) is 24.4. The van der Waals surface area contributed by atoms with Crippen LogP contribution in [0.4, 0.5) is 15.3 Å². The third-order valence-electron chi connectivity index (χ3n) is 7.91.